The van der Waals surface area contributed by atoms with Crippen LogP contribution >= 0.6 is 0 Å². The van der Waals surface area contributed by atoms with E-state index in [0.717, 1.165) is 0 Å². The van der Waals surface area contributed by atoms with Crippen LogP contribution < -0.4 is 11.2 Å². The maximum absolute atomic E-state index is 12.5. The minimum Gasteiger partial charge on any atom is -0.414 e. The number of hydrogen-bond acceptors (Lipinski definition) is 6. The van der Waals surface area contributed by atoms with Crippen molar-refractivity contribution in [3.63, 3.8) is 0 Å². The first-order chi connectivity index (χ1) is 14.9. The van der Waals surface area contributed by atoms with Crippen LogP contribution in [0.1, 0.15) is 68.5 Å². The molecule has 1 unspecified atom stereocenters. The molecule has 2 aliphatic heterocycles. The lowest BCUT2D eigenvalue weighted by Gasteiger charge is -2.51. The number of aromatic nitrogens is 2. The molecular formula is C22H40N2O6Si2. The third-order valence-corrected chi connectivity index (χ3v) is 17.4. The van der Waals surface area contributed by atoms with Crippen LogP contribution in [-0.2, 0) is 17.7 Å². The zero-order chi connectivity index (χ0) is 24.0. The van der Waals surface area contributed by atoms with E-state index in [-0.39, 0.29) is 40.3 Å². The van der Waals surface area contributed by atoms with Crippen LogP contribution in [0.4, 0.5) is 0 Å². The van der Waals surface area contributed by atoms with E-state index >= 15 is 0 Å². The smallest absolute Gasteiger partial charge is 0.335 e. The molecular weight excluding hydrogens is 444 g/mol. The van der Waals surface area contributed by atoms with Gasteiger partial charge in [0.2, 0.25) is 0 Å². The van der Waals surface area contributed by atoms with Crippen molar-refractivity contribution in [2.45, 2.75) is 103 Å². The van der Waals surface area contributed by atoms with Gasteiger partial charge in [0, 0.05) is 18.2 Å². The highest BCUT2D eigenvalue weighted by molar-refractivity contribution is 6.83. The number of rotatable bonds is 5. The fourth-order valence-corrected chi connectivity index (χ4v) is 16.6. The summed E-state index contributed by atoms with van der Waals surface area (Å²) < 4.78 is 28.9. The molecule has 2 aliphatic rings. The van der Waals surface area contributed by atoms with Crippen molar-refractivity contribution in [2.75, 3.05) is 6.61 Å². The standard InChI is InChI=1S/C22H40N2O6Si2/c1-13(2)31(14(3)4)27-12-18-20(29-32(30-31,15(5)6)16(7)8)17(9)21(28-18)24-11-10-19(25)23-22(24)26/h10-11,13-18,20-21H,12H2,1-9H3,(H,23,25,26)/t17?,18-,20-,21-/m1/s1. The molecule has 0 spiro atoms. The predicted octanol–water partition coefficient (Wildman–Crippen LogP) is 4.03. The first-order valence-electron chi connectivity index (χ1n) is 11.8. The third kappa shape index (κ3) is 4.25. The van der Waals surface area contributed by atoms with Crippen molar-refractivity contribution in [3.05, 3.63) is 33.1 Å². The van der Waals surface area contributed by atoms with E-state index < -0.39 is 34.6 Å². The Bertz CT molecular complexity index is 896. The van der Waals surface area contributed by atoms with Crippen LogP contribution in [0.2, 0.25) is 22.2 Å². The molecule has 0 saturated carbocycles. The molecule has 0 radical (unpaired) electrons. The Morgan fingerprint density at radius 1 is 0.969 bits per heavy atom. The Morgan fingerprint density at radius 2 is 1.53 bits per heavy atom. The number of aromatic amines is 1. The van der Waals surface area contributed by atoms with Crippen molar-refractivity contribution < 1.29 is 17.7 Å². The highest BCUT2D eigenvalue weighted by atomic mass is 28.5. The maximum Gasteiger partial charge on any atom is 0.335 e. The van der Waals surface area contributed by atoms with Gasteiger partial charge >= 0.3 is 22.8 Å². The fraction of sp³-hybridized carbons (Fsp3) is 0.818. The molecule has 8 nitrogen and oxygen atoms in total. The van der Waals surface area contributed by atoms with Gasteiger partial charge in [0.05, 0.1) is 12.7 Å². The molecule has 0 aliphatic carbocycles. The van der Waals surface area contributed by atoms with E-state index in [4.69, 9.17) is 17.7 Å². The zero-order valence-electron chi connectivity index (χ0n) is 20.9. The van der Waals surface area contributed by atoms with E-state index in [1.54, 1.807) is 0 Å². The normalized spacial score (nSPS) is 30.0. The number of fused-ring (bicyclic) bond motifs is 1. The summed E-state index contributed by atoms with van der Waals surface area (Å²) in [6.07, 6.45) is 0.375. The summed E-state index contributed by atoms with van der Waals surface area (Å²) in [5.41, 5.74) is 0.0381. The van der Waals surface area contributed by atoms with Gasteiger partial charge in [-0.05, 0) is 22.2 Å². The van der Waals surface area contributed by atoms with Gasteiger partial charge < -0.3 is 17.7 Å². The molecule has 3 rings (SSSR count). The number of ether oxygens (including phenoxy) is 1. The Labute approximate surface area is 193 Å². The first-order valence-corrected chi connectivity index (χ1v) is 15.8. The summed E-state index contributed by atoms with van der Waals surface area (Å²) in [7, 11) is -5.39. The Balaban J connectivity index is 2.08. The topological polar surface area (TPSA) is 91.8 Å². The van der Waals surface area contributed by atoms with Gasteiger partial charge in [-0.3, -0.25) is 14.3 Å². The van der Waals surface area contributed by atoms with Gasteiger partial charge in [0.25, 0.3) is 5.56 Å². The average molecular weight is 485 g/mol. The highest BCUT2D eigenvalue weighted by Gasteiger charge is 2.61. The van der Waals surface area contributed by atoms with Crippen molar-refractivity contribution in [1.82, 2.24) is 9.55 Å². The van der Waals surface area contributed by atoms with Crippen molar-refractivity contribution in [2.24, 2.45) is 5.92 Å². The second kappa shape index (κ2) is 9.30. The van der Waals surface area contributed by atoms with Crippen LogP contribution in [0.3, 0.4) is 0 Å². The van der Waals surface area contributed by atoms with E-state index in [1.165, 1.54) is 16.8 Å². The molecule has 1 aromatic heterocycles. The molecule has 1 N–H and O–H groups in total. The highest BCUT2D eigenvalue weighted by Crippen LogP contribution is 2.49. The second-order valence-corrected chi connectivity index (χ2v) is 19.3. The minimum atomic E-state index is -2.75. The number of nitrogens with one attached hydrogen (secondary N) is 1. The van der Waals surface area contributed by atoms with E-state index in [2.05, 4.69) is 60.4 Å². The lowest BCUT2D eigenvalue weighted by atomic mass is 10.0. The first kappa shape index (κ1) is 25.6. The molecule has 0 bridgehead atoms. The molecule has 0 aromatic carbocycles. The molecule has 3 heterocycles. The fourth-order valence-electron chi connectivity index (χ4n) is 5.28. The number of nitrogens with zero attached hydrogens (tertiary/aromatic N) is 1. The molecule has 2 fully saturated rings. The summed E-state index contributed by atoms with van der Waals surface area (Å²) >= 11 is 0. The molecule has 2 saturated heterocycles. The summed E-state index contributed by atoms with van der Waals surface area (Å²) in [5, 5.41) is 0. The Morgan fingerprint density at radius 3 is 2.03 bits per heavy atom. The number of H-pyrrole nitrogens is 1. The van der Waals surface area contributed by atoms with Gasteiger partial charge in [0.1, 0.15) is 12.3 Å². The van der Waals surface area contributed by atoms with Crippen LogP contribution in [0, 0.1) is 5.92 Å². The molecule has 4 atom stereocenters. The predicted molar refractivity (Wildman–Crippen MR) is 128 cm³/mol. The summed E-state index contributed by atoms with van der Waals surface area (Å²) in [6.45, 7) is 19.9. The summed E-state index contributed by atoms with van der Waals surface area (Å²) in [6, 6.07) is 1.34. The van der Waals surface area contributed by atoms with Crippen LogP contribution in [0.25, 0.3) is 0 Å². The van der Waals surface area contributed by atoms with Crippen molar-refractivity contribution >= 4 is 17.1 Å². The van der Waals surface area contributed by atoms with Crippen LogP contribution in [0.5, 0.6) is 0 Å². The summed E-state index contributed by atoms with van der Waals surface area (Å²) in [4.78, 5) is 26.4. The van der Waals surface area contributed by atoms with Gasteiger partial charge in [-0.2, -0.15) is 0 Å². The maximum atomic E-state index is 12.5. The SMILES string of the molecule is CC1[C@H]2O[Si](C(C)C)(C(C)C)O[Si](C(C)C)(C(C)C)OC[C@H]2O[C@H]1n1ccc(=O)[nH]c1=O. The lowest BCUT2D eigenvalue weighted by molar-refractivity contribution is -0.0572. The quantitative estimate of drug-likeness (QED) is 0.635. The van der Waals surface area contributed by atoms with Crippen LogP contribution in [0.15, 0.2) is 21.9 Å². The molecule has 32 heavy (non-hydrogen) atoms. The minimum absolute atomic E-state index is 0.118. The van der Waals surface area contributed by atoms with E-state index in [9.17, 15) is 9.59 Å². The third-order valence-electron chi connectivity index (χ3n) is 7.11. The van der Waals surface area contributed by atoms with Crippen molar-refractivity contribution in [3.8, 4) is 0 Å². The van der Waals surface area contributed by atoms with Gasteiger partial charge in [-0.25, -0.2) is 4.79 Å². The van der Waals surface area contributed by atoms with Gasteiger partial charge in [0.15, 0.2) is 0 Å². The monoisotopic (exact) mass is 484 g/mol. The molecule has 10 heteroatoms. The van der Waals surface area contributed by atoms with Gasteiger partial charge in [-0.1, -0.05) is 62.3 Å². The van der Waals surface area contributed by atoms with Gasteiger partial charge in [-0.15, -0.1) is 0 Å². The lowest BCUT2D eigenvalue weighted by Crippen LogP contribution is -2.65. The molecule has 1 aromatic rings. The largest absolute Gasteiger partial charge is 0.414 e. The molecule has 182 valence electrons. The zero-order valence-corrected chi connectivity index (χ0v) is 22.9. The van der Waals surface area contributed by atoms with E-state index in [0.29, 0.717) is 6.61 Å². The van der Waals surface area contributed by atoms with E-state index in [1.807, 2.05) is 6.92 Å². The Kier molecular flexibility index (Phi) is 7.44. The van der Waals surface area contributed by atoms with Crippen LogP contribution in [-0.4, -0.2) is 45.5 Å². The number of hydrogen-bond donors (Lipinski definition) is 1. The van der Waals surface area contributed by atoms with Crippen molar-refractivity contribution in [1.29, 1.82) is 0 Å². The second-order valence-electron chi connectivity index (χ2n) is 10.5. The Hall–Kier alpha value is -1.05. The molecule has 0 amide bonds. The average Bonchev–Trinajstić information content (AvgIpc) is 2.96. The summed E-state index contributed by atoms with van der Waals surface area (Å²) in [5.74, 6) is -0.118.